The van der Waals surface area contributed by atoms with E-state index in [1.807, 2.05) is 11.8 Å². The number of aryl methyl sites for hydroxylation is 1. The number of benzene rings is 1. The summed E-state index contributed by atoms with van der Waals surface area (Å²) in [6.07, 6.45) is 4.46. The predicted octanol–water partition coefficient (Wildman–Crippen LogP) is 2.92. The third kappa shape index (κ3) is 4.36. The van der Waals surface area contributed by atoms with Gasteiger partial charge in [0.1, 0.15) is 0 Å². The zero-order chi connectivity index (χ0) is 18.7. The lowest BCUT2D eigenvalue weighted by molar-refractivity contribution is -0.151. The number of esters is 1. The van der Waals surface area contributed by atoms with Crippen molar-refractivity contribution < 1.29 is 19.1 Å². The monoisotopic (exact) mass is 378 g/mol. The summed E-state index contributed by atoms with van der Waals surface area (Å²) < 4.78 is 5.13. The summed E-state index contributed by atoms with van der Waals surface area (Å²) in [5.41, 5.74) is 1.45. The maximum atomic E-state index is 12.2. The van der Waals surface area contributed by atoms with Crippen LogP contribution in [0.1, 0.15) is 37.7 Å². The molecule has 1 aliphatic heterocycles. The molecule has 1 saturated heterocycles. The molecule has 0 spiro atoms. The summed E-state index contributed by atoms with van der Waals surface area (Å²) in [7, 11) is 0. The molecule has 0 aromatic heterocycles. The Morgan fingerprint density at radius 3 is 2.73 bits per heavy atom. The van der Waals surface area contributed by atoms with Crippen LogP contribution in [0.25, 0.3) is 0 Å². The number of carbonyl (C=O) groups excluding carboxylic acids is 3. The highest BCUT2D eigenvalue weighted by Gasteiger charge is 2.39. The summed E-state index contributed by atoms with van der Waals surface area (Å²) in [5, 5.41) is 3.28. The smallest absolute Gasteiger partial charge is 0.311 e. The van der Waals surface area contributed by atoms with Crippen molar-refractivity contribution in [2.45, 2.75) is 45.1 Å². The molecule has 2 aliphatic rings. The van der Waals surface area contributed by atoms with Gasteiger partial charge in [0.25, 0.3) is 5.91 Å². The Morgan fingerprint density at radius 1 is 1.31 bits per heavy atom. The van der Waals surface area contributed by atoms with Gasteiger partial charge in [-0.3, -0.25) is 14.4 Å². The minimum Gasteiger partial charge on any atom is -0.455 e. The minimum absolute atomic E-state index is 0.0140. The molecule has 0 bridgehead atoms. The molecule has 1 aromatic rings. The van der Waals surface area contributed by atoms with Crippen molar-refractivity contribution in [2.75, 3.05) is 18.5 Å². The second kappa shape index (κ2) is 8.08. The van der Waals surface area contributed by atoms with Crippen molar-refractivity contribution in [2.24, 2.45) is 5.92 Å². The molecule has 1 aliphatic carbocycles. The number of nitrogens with one attached hydrogen (secondary N) is 1. The number of carbonyl (C=O) groups is 3. The molecule has 2 fully saturated rings. The van der Waals surface area contributed by atoms with Crippen LogP contribution >= 0.6 is 11.6 Å². The highest BCUT2D eigenvalue weighted by molar-refractivity contribution is 6.30. The van der Waals surface area contributed by atoms with Crippen LogP contribution in [0.3, 0.4) is 0 Å². The standard InChI is InChI=1S/C19H23ClN2O4/c1-12-8-14(20)6-7-16(12)21-17(23)11-26-19(25)13-9-18(24)22(10-13)15-4-2-3-5-15/h6-8,13,15H,2-5,9-11H2,1H3,(H,21,23)/t13-/m1/s1. The number of hydrogen-bond donors (Lipinski definition) is 1. The molecular formula is C19H23ClN2O4. The normalized spacial score (nSPS) is 20.5. The van der Waals surface area contributed by atoms with Gasteiger partial charge in [-0.1, -0.05) is 24.4 Å². The Balaban J connectivity index is 1.47. The van der Waals surface area contributed by atoms with Crippen LogP contribution in [0.4, 0.5) is 5.69 Å². The third-order valence-electron chi connectivity index (χ3n) is 5.07. The van der Waals surface area contributed by atoms with Crippen molar-refractivity contribution in [1.82, 2.24) is 4.90 Å². The van der Waals surface area contributed by atoms with Gasteiger partial charge < -0.3 is 15.0 Å². The number of likely N-dealkylation sites (tertiary alicyclic amines) is 1. The number of rotatable bonds is 5. The molecule has 3 rings (SSSR count). The zero-order valence-corrected chi connectivity index (χ0v) is 15.6. The molecule has 140 valence electrons. The minimum atomic E-state index is -0.484. The molecule has 1 atom stereocenters. The summed E-state index contributed by atoms with van der Waals surface area (Å²) in [6, 6.07) is 5.38. The molecule has 2 amide bonds. The number of nitrogens with zero attached hydrogens (tertiary/aromatic N) is 1. The van der Waals surface area contributed by atoms with Gasteiger partial charge in [0.2, 0.25) is 5.91 Å². The molecule has 26 heavy (non-hydrogen) atoms. The number of amides is 2. The van der Waals surface area contributed by atoms with Crippen LogP contribution < -0.4 is 5.32 Å². The van der Waals surface area contributed by atoms with E-state index in [0.717, 1.165) is 31.2 Å². The Labute approximate surface area is 157 Å². The summed E-state index contributed by atoms with van der Waals surface area (Å²) >= 11 is 5.89. The van der Waals surface area contributed by atoms with Crippen molar-refractivity contribution in [3.63, 3.8) is 0 Å². The fraction of sp³-hybridized carbons (Fsp3) is 0.526. The second-order valence-corrected chi connectivity index (χ2v) is 7.44. The second-order valence-electron chi connectivity index (χ2n) is 7.00. The van der Waals surface area contributed by atoms with Gasteiger partial charge in [0.15, 0.2) is 6.61 Å². The van der Waals surface area contributed by atoms with E-state index in [1.165, 1.54) is 0 Å². The van der Waals surface area contributed by atoms with E-state index in [0.29, 0.717) is 17.3 Å². The van der Waals surface area contributed by atoms with Crippen molar-refractivity contribution in [1.29, 1.82) is 0 Å². The van der Waals surface area contributed by atoms with Crippen molar-refractivity contribution >= 4 is 35.1 Å². The Hall–Kier alpha value is -2.08. The molecule has 1 saturated carbocycles. The van der Waals surface area contributed by atoms with E-state index >= 15 is 0 Å². The highest BCUT2D eigenvalue weighted by atomic mass is 35.5. The van der Waals surface area contributed by atoms with E-state index in [4.69, 9.17) is 16.3 Å². The van der Waals surface area contributed by atoms with Crippen LogP contribution in [0, 0.1) is 12.8 Å². The summed E-state index contributed by atoms with van der Waals surface area (Å²) in [6.45, 7) is 1.87. The van der Waals surface area contributed by atoms with Gasteiger partial charge in [-0.05, 0) is 43.5 Å². The van der Waals surface area contributed by atoms with Crippen LogP contribution in [0.15, 0.2) is 18.2 Å². The maximum Gasteiger partial charge on any atom is 0.311 e. The lowest BCUT2D eigenvalue weighted by atomic mass is 10.1. The first kappa shape index (κ1) is 18.7. The zero-order valence-electron chi connectivity index (χ0n) is 14.8. The van der Waals surface area contributed by atoms with Gasteiger partial charge >= 0.3 is 5.97 Å². The lowest BCUT2D eigenvalue weighted by Crippen LogP contribution is -2.35. The molecule has 1 N–H and O–H groups in total. The van der Waals surface area contributed by atoms with E-state index < -0.39 is 17.8 Å². The molecular weight excluding hydrogens is 356 g/mol. The number of hydrogen-bond acceptors (Lipinski definition) is 4. The van der Waals surface area contributed by atoms with Crippen LogP contribution in [0.2, 0.25) is 5.02 Å². The lowest BCUT2D eigenvalue weighted by Gasteiger charge is -2.23. The third-order valence-corrected chi connectivity index (χ3v) is 5.30. The number of halogens is 1. The summed E-state index contributed by atoms with van der Waals surface area (Å²) in [5.74, 6) is -1.36. The quantitative estimate of drug-likeness (QED) is 0.799. The van der Waals surface area contributed by atoms with Gasteiger partial charge in [-0.15, -0.1) is 0 Å². The molecule has 0 radical (unpaired) electrons. The molecule has 7 heteroatoms. The Bertz CT molecular complexity index is 715. The average molecular weight is 379 g/mol. The fourth-order valence-electron chi connectivity index (χ4n) is 3.67. The average Bonchev–Trinajstić information content (AvgIpc) is 3.24. The summed E-state index contributed by atoms with van der Waals surface area (Å²) in [4.78, 5) is 38.2. The molecule has 1 heterocycles. The van der Waals surface area contributed by atoms with Crippen molar-refractivity contribution in [3.8, 4) is 0 Å². The topological polar surface area (TPSA) is 75.7 Å². The van der Waals surface area contributed by atoms with E-state index in [2.05, 4.69) is 5.32 Å². The van der Waals surface area contributed by atoms with Crippen LogP contribution in [-0.4, -0.2) is 41.9 Å². The first-order valence-corrected chi connectivity index (χ1v) is 9.34. The largest absolute Gasteiger partial charge is 0.455 e. The predicted molar refractivity (Wildman–Crippen MR) is 97.9 cm³/mol. The molecule has 6 nitrogen and oxygen atoms in total. The van der Waals surface area contributed by atoms with E-state index in [9.17, 15) is 14.4 Å². The number of ether oxygens (including phenoxy) is 1. The number of anilines is 1. The SMILES string of the molecule is Cc1cc(Cl)ccc1NC(=O)COC(=O)[C@@H]1CC(=O)N(C2CCCC2)C1. The first-order chi connectivity index (χ1) is 12.4. The van der Waals surface area contributed by atoms with Gasteiger partial charge in [-0.25, -0.2) is 0 Å². The van der Waals surface area contributed by atoms with Gasteiger partial charge in [0, 0.05) is 29.7 Å². The molecule has 1 aromatic carbocycles. The highest BCUT2D eigenvalue weighted by Crippen LogP contribution is 2.29. The molecule has 0 unspecified atom stereocenters. The van der Waals surface area contributed by atoms with E-state index in [1.54, 1.807) is 18.2 Å². The fourth-order valence-corrected chi connectivity index (χ4v) is 3.89. The van der Waals surface area contributed by atoms with Gasteiger partial charge in [0.05, 0.1) is 5.92 Å². The maximum absolute atomic E-state index is 12.2. The van der Waals surface area contributed by atoms with Crippen LogP contribution in [0.5, 0.6) is 0 Å². The van der Waals surface area contributed by atoms with E-state index in [-0.39, 0.29) is 25.0 Å². The Kier molecular flexibility index (Phi) is 5.81. The van der Waals surface area contributed by atoms with Crippen LogP contribution in [-0.2, 0) is 19.1 Å². The van der Waals surface area contributed by atoms with Gasteiger partial charge in [-0.2, -0.15) is 0 Å². The first-order valence-electron chi connectivity index (χ1n) is 8.96. The van der Waals surface area contributed by atoms with Crippen molar-refractivity contribution in [3.05, 3.63) is 28.8 Å². The Morgan fingerprint density at radius 2 is 2.04 bits per heavy atom.